The third kappa shape index (κ3) is 2.88. The van der Waals surface area contributed by atoms with Crippen molar-refractivity contribution in [2.24, 2.45) is 0 Å². The molecule has 1 unspecified atom stereocenters. The summed E-state index contributed by atoms with van der Waals surface area (Å²) in [5.74, 6) is -0.760. The van der Waals surface area contributed by atoms with Crippen molar-refractivity contribution in [3.8, 4) is 5.75 Å². The quantitative estimate of drug-likeness (QED) is 0.650. The van der Waals surface area contributed by atoms with Crippen LogP contribution in [0.4, 0.5) is 17.6 Å². The third-order valence-electron chi connectivity index (χ3n) is 4.99. The number of alkyl halides is 3. The first-order chi connectivity index (χ1) is 13.2. The van der Waals surface area contributed by atoms with E-state index in [4.69, 9.17) is 4.74 Å². The van der Waals surface area contributed by atoms with Gasteiger partial charge in [0.05, 0.1) is 12.6 Å². The van der Waals surface area contributed by atoms with Crippen LogP contribution in [0.5, 0.6) is 5.75 Å². The lowest BCUT2D eigenvalue weighted by atomic mass is 9.98. The number of amides is 1. The number of methoxy groups -OCH3 is 1. The molecule has 0 radical (unpaired) electrons. The number of nitrogens with zero attached hydrogens (tertiary/aromatic N) is 2. The molecule has 3 heterocycles. The Hall–Kier alpha value is -3.04. The van der Waals surface area contributed by atoms with E-state index in [-0.39, 0.29) is 18.3 Å². The first-order valence-corrected chi connectivity index (χ1v) is 8.49. The number of carbonyl (C=O) groups excluding carboxylic acids is 1. The molecule has 0 fully saturated rings. The van der Waals surface area contributed by atoms with E-state index in [1.165, 1.54) is 18.1 Å². The average Bonchev–Trinajstić information content (AvgIpc) is 3.25. The van der Waals surface area contributed by atoms with Crippen LogP contribution >= 0.6 is 0 Å². The Morgan fingerprint density at radius 3 is 2.71 bits per heavy atom. The molecule has 1 aromatic carbocycles. The standard InChI is InChI=1S/C18H16F4N4O2/c1-8-3-13-11(10-4-9(28-2)5-12(19)16(10)23-13)7-26(8)17(27)14-6-15(25-24-14)18(20,21)22/h4-6,8,23H,3,7H2,1-2H3,(H,24,25). The van der Waals surface area contributed by atoms with Crippen LogP contribution < -0.4 is 4.74 Å². The topological polar surface area (TPSA) is 74.0 Å². The molecule has 1 aliphatic heterocycles. The van der Waals surface area contributed by atoms with Gasteiger partial charge < -0.3 is 14.6 Å². The van der Waals surface area contributed by atoms with Crippen molar-refractivity contribution in [2.45, 2.75) is 32.1 Å². The molecule has 1 aliphatic rings. The van der Waals surface area contributed by atoms with Gasteiger partial charge in [-0.25, -0.2) is 4.39 Å². The number of hydrogen-bond acceptors (Lipinski definition) is 3. The molecule has 0 saturated heterocycles. The zero-order valence-electron chi connectivity index (χ0n) is 14.9. The second kappa shape index (κ2) is 6.25. The molecular weight excluding hydrogens is 380 g/mol. The molecule has 0 spiro atoms. The fraction of sp³-hybridized carbons (Fsp3) is 0.333. The minimum absolute atomic E-state index is 0.121. The Morgan fingerprint density at radius 2 is 2.07 bits per heavy atom. The van der Waals surface area contributed by atoms with Gasteiger partial charge in [-0.05, 0) is 13.0 Å². The largest absolute Gasteiger partial charge is 0.497 e. The normalized spacial score (nSPS) is 17.1. The van der Waals surface area contributed by atoms with E-state index in [0.717, 1.165) is 5.69 Å². The summed E-state index contributed by atoms with van der Waals surface area (Å²) in [6, 6.07) is 3.33. The van der Waals surface area contributed by atoms with Gasteiger partial charge in [0, 0.05) is 47.8 Å². The number of rotatable bonds is 2. The molecule has 1 atom stereocenters. The smallest absolute Gasteiger partial charge is 0.432 e. The fourth-order valence-electron chi connectivity index (χ4n) is 3.54. The maximum absolute atomic E-state index is 14.3. The van der Waals surface area contributed by atoms with Crippen molar-refractivity contribution in [3.05, 3.63) is 46.7 Å². The minimum atomic E-state index is -4.61. The van der Waals surface area contributed by atoms with Gasteiger partial charge in [-0.2, -0.15) is 18.3 Å². The van der Waals surface area contributed by atoms with E-state index >= 15 is 0 Å². The van der Waals surface area contributed by atoms with Gasteiger partial charge in [0.2, 0.25) is 0 Å². The highest BCUT2D eigenvalue weighted by Gasteiger charge is 2.36. The predicted octanol–water partition coefficient (Wildman–Crippen LogP) is 3.64. The second-order valence-electron chi connectivity index (χ2n) is 6.76. The van der Waals surface area contributed by atoms with E-state index in [9.17, 15) is 22.4 Å². The molecular formula is C18H16F4N4O2. The molecule has 0 bridgehead atoms. The van der Waals surface area contributed by atoms with Crippen LogP contribution in [0.15, 0.2) is 18.2 Å². The van der Waals surface area contributed by atoms with Crippen molar-refractivity contribution < 1.29 is 27.1 Å². The van der Waals surface area contributed by atoms with Crippen molar-refractivity contribution >= 4 is 16.8 Å². The van der Waals surface area contributed by atoms with Crippen LogP contribution in [0, 0.1) is 5.82 Å². The van der Waals surface area contributed by atoms with Crippen molar-refractivity contribution in [2.75, 3.05) is 7.11 Å². The van der Waals surface area contributed by atoms with E-state index in [0.29, 0.717) is 34.7 Å². The highest BCUT2D eigenvalue weighted by atomic mass is 19.4. The summed E-state index contributed by atoms with van der Waals surface area (Å²) in [6.45, 7) is 1.90. The molecule has 1 amide bonds. The van der Waals surface area contributed by atoms with E-state index in [2.05, 4.69) is 10.1 Å². The number of aromatic amines is 2. The summed E-state index contributed by atoms with van der Waals surface area (Å²) < 4.78 is 57.8. The number of nitrogens with one attached hydrogen (secondary N) is 2. The summed E-state index contributed by atoms with van der Waals surface area (Å²) in [5.41, 5.74) is 0.417. The van der Waals surface area contributed by atoms with Gasteiger partial charge in [-0.15, -0.1) is 0 Å². The van der Waals surface area contributed by atoms with E-state index < -0.39 is 23.6 Å². The SMILES string of the molecule is COc1cc(F)c2[nH]c3c(c2c1)CN(C(=O)c1cc(C(F)(F)F)[nH]n1)C(C)C3. The maximum atomic E-state index is 14.3. The Labute approximate surface area is 156 Å². The number of benzene rings is 1. The lowest BCUT2D eigenvalue weighted by molar-refractivity contribution is -0.141. The molecule has 0 saturated carbocycles. The molecule has 148 valence electrons. The molecule has 28 heavy (non-hydrogen) atoms. The number of H-pyrrole nitrogens is 2. The molecule has 0 aliphatic carbocycles. The Balaban J connectivity index is 1.71. The Kier molecular flexibility index (Phi) is 4.09. The summed E-state index contributed by atoms with van der Waals surface area (Å²) in [7, 11) is 1.42. The number of fused-ring (bicyclic) bond motifs is 3. The van der Waals surface area contributed by atoms with Crippen molar-refractivity contribution in [3.63, 3.8) is 0 Å². The van der Waals surface area contributed by atoms with Gasteiger partial charge in [0.15, 0.2) is 11.5 Å². The maximum Gasteiger partial charge on any atom is 0.432 e. The van der Waals surface area contributed by atoms with E-state index in [1.54, 1.807) is 13.0 Å². The van der Waals surface area contributed by atoms with Crippen LogP contribution in [-0.4, -0.2) is 39.1 Å². The lowest BCUT2D eigenvalue weighted by Crippen LogP contribution is -2.42. The van der Waals surface area contributed by atoms with Crippen LogP contribution in [0.2, 0.25) is 0 Å². The van der Waals surface area contributed by atoms with Gasteiger partial charge in [-0.3, -0.25) is 9.89 Å². The summed E-state index contributed by atoms with van der Waals surface area (Å²) in [5, 5.41) is 5.95. The molecule has 10 heteroatoms. The van der Waals surface area contributed by atoms with E-state index in [1.807, 2.05) is 5.10 Å². The Morgan fingerprint density at radius 1 is 1.32 bits per heavy atom. The number of hydrogen-bond donors (Lipinski definition) is 2. The van der Waals surface area contributed by atoms with Gasteiger partial charge in [-0.1, -0.05) is 0 Å². The first-order valence-electron chi connectivity index (χ1n) is 8.49. The molecule has 2 N–H and O–H groups in total. The lowest BCUT2D eigenvalue weighted by Gasteiger charge is -2.33. The van der Waals surface area contributed by atoms with Gasteiger partial charge in [0.25, 0.3) is 5.91 Å². The Bertz CT molecular complexity index is 1070. The summed E-state index contributed by atoms with van der Waals surface area (Å²) in [4.78, 5) is 17.3. The predicted molar refractivity (Wildman–Crippen MR) is 91.4 cm³/mol. The number of carbonyl (C=O) groups is 1. The van der Waals surface area contributed by atoms with Crippen molar-refractivity contribution in [1.29, 1.82) is 0 Å². The van der Waals surface area contributed by atoms with Crippen molar-refractivity contribution in [1.82, 2.24) is 20.1 Å². The molecule has 4 rings (SSSR count). The summed E-state index contributed by atoms with van der Waals surface area (Å²) >= 11 is 0. The van der Waals surface area contributed by atoms with Gasteiger partial charge >= 0.3 is 6.18 Å². The highest BCUT2D eigenvalue weighted by Crippen LogP contribution is 2.35. The highest BCUT2D eigenvalue weighted by molar-refractivity contribution is 5.94. The molecule has 6 nitrogen and oxygen atoms in total. The molecule has 2 aromatic heterocycles. The van der Waals surface area contributed by atoms with Gasteiger partial charge in [0.1, 0.15) is 11.4 Å². The fourth-order valence-corrected chi connectivity index (χ4v) is 3.54. The third-order valence-corrected chi connectivity index (χ3v) is 4.99. The zero-order chi connectivity index (χ0) is 20.2. The zero-order valence-corrected chi connectivity index (χ0v) is 14.9. The second-order valence-corrected chi connectivity index (χ2v) is 6.76. The number of ether oxygens (including phenoxy) is 1. The molecule has 3 aromatic rings. The number of aromatic nitrogens is 3. The first kappa shape index (κ1) is 18.3. The minimum Gasteiger partial charge on any atom is -0.497 e. The number of halogens is 4. The van der Waals surface area contributed by atoms with Crippen LogP contribution in [-0.2, 0) is 19.1 Å². The average molecular weight is 396 g/mol. The monoisotopic (exact) mass is 396 g/mol. The summed E-state index contributed by atoms with van der Waals surface area (Å²) in [6.07, 6.45) is -4.20. The van der Waals surface area contributed by atoms with Crippen LogP contribution in [0.3, 0.4) is 0 Å². The van der Waals surface area contributed by atoms with Crippen LogP contribution in [0.25, 0.3) is 10.9 Å². The van der Waals surface area contributed by atoms with Crippen LogP contribution in [0.1, 0.15) is 34.4 Å².